The summed E-state index contributed by atoms with van der Waals surface area (Å²) in [7, 11) is 0. The fourth-order valence-electron chi connectivity index (χ4n) is 2.06. The molecule has 0 amide bonds. The lowest BCUT2D eigenvalue weighted by atomic mass is 10.2. The molecule has 0 aliphatic heterocycles. The molecule has 0 saturated carbocycles. The molecule has 0 bridgehead atoms. The van der Waals surface area contributed by atoms with Crippen molar-refractivity contribution < 1.29 is 9.90 Å². The molecule has 0 fully saturated rings. The number of hydrogen-bond acceptors (Lipinski definition) is 5. The fraction of sp³-hybridized carbons (Fsp3) is 0.0769. The molecule has 8 heteroatoms. The number of aromatic carboxylic acids is 1. The number of aromatic amines is 1. The molecular formula is C13H11N5O3. The molecule has 3 rings (SSSR count). The molecule has 106 valence electrons. The molecule has 21 heavy (non-hydrogen) atoms. The van der Waals surface area contributed by atoms with Gasteiger partial charge in [-0.05, 0) is 5.56 Å². The SMILES string of the molecule is Nc1nc(C(=O)O)nc2c1[nH]c(=O)n2Cc1ccccc1. The lowest BCUT2D eigenvalue weighted by Gasteiger charge is -2.04. The van der Waals surface area contributed by atoms with Crippen molar-refractivity contribution in [2.45, 2.75) is 6.54 Å². The average Bonchev–Trinajstić information content (AvgIpc) is 2.77. The zero-order valence-electron chi connectivity index (χ0n) is 10.8. The molecule has 2 aromatic heterocycles. The summed E-state index contributed by atoms with van der Waals surface area (Å²) in [5.74, 6) is -1.81. The Morgan fingerprint density at radius 1 is 1.29 bits per heavy atom. The van der Waals surface area contributed by atoms with Crippen LogP contribution in [0.1, 0.15) is 16.2 Å². The minimum absolute atomic E-state index is 0.0682. The molecule has 0 saturated heterocycles. The maximum atomic E-state index is 12.0. The monoisotopic (exact) mass is 285 g/mol. The number of nitrogen functional groups attached to an aromatic ring is 1. The van der Waals surface area contributed by atoms with Gasteiger partial charge in [-0.25, -0.2) is 19.6 Å². The van der Waals surface area contributed by atoms with Crippen LogP contribution in [-0.4, -0.2) is 30.6 Å². The van der Waals surface area contributed by atoms with Gasteiger partial charge in [0.2, 0.25) is 5.82 Å². The second kappa shape index (κ2) is 4.75. The maximum Gasteiger partial charge on any atom is 0.374 e. The summed E-state index contributed by atoms with van der Waals surface area (Å²) in [4.78, 5) is 33.1. The molecule has 0 atom stereocenters. The van der Waals surface area contributed by atoms with Crippen molar-refractivity contribution in [3.05, 3.63) is 52.2 Å². The number of aromatic nitrogens is 4. The van der Waals surface area contributed by atoms with Gasteiger partial charge in [-0.15, -0.1) is 0 Å². The summed E-state index contributed by atoms with van der Waals surface area (Å²) < 4.78 is 1.33. The molecule has 8 nitrogen and oxygen atoms in total. The van der Waals surface area contributed by atoms with Gasteiger partial charge < -0.3 is 15.8 Å². The molecule has 0 unspecified atom stereocenters. The van der Waals surface area contributed by atoms with E-state index in [0.29, 0.717) is 0 Å². The highest BCUT2D eigenvalue weighted by Gasteiger charge is 2.17. The first kappa shape index (κ1) is 12.9. The van der Waals surface area contributed by atoms with Crippen molar-refractivity contribution in [2.75, 3.05) is 5.73 Å². The van der Waals surface area contributed by atoms with E-state index in [1.165, 1.54) is 4.57 Å². The predicted octanol–water partition coefficient (Wildman–Crippen LogP) is 0.448. The molecule has 3 aromatic rings. The van der Waals surface area contributed by atoms with Gasteiger partial charge >= 0.3 is 11.7 Å². The Morgan fingerprint density at radius 2 is 2.00 bits per heavy atom. The summed E-state index contributed by atoms with van der Waals surface area (Å²) in [5.41, 5.74) is 6.55. The average molecular weight is 285 g/mol. The van der Waals surface area contributed by atoms with E-state index in [2.05, 4.69) is 15.0 Å². The van der Waals surface area contributed by atoms with Gasteiger partial charge in [0.1, 0.15) is 5.52 Å². The van der Waals surface area contributed by atoms with Crippen molar-refractivity contribution in [2.24, 2.45) is 0 Å². The van der Waals surface area contributed by atoms with Gasteiger partial charge in [0, 0.05) is 0 Å². The Kier molecular flexibility index (Phi) is 2.90. The predicted molar refractivity (Wildman–Crippen MR) is 75.1 cm³/mol. The highest BCUT2D eigenvalue weighted by atomic mass is 16.4. The largest absolute Gasteiger partial charge is 0.475 e. The third kappa shape index (κ3) is 2.22. The molecule has 4 N–H and O–H groups in total. The van der Waals surface area contributed by atoms with Crippen LogP contribution >= 0.6 is 0 Å². The lowest BCUT2D eigenvalue weighted by Crippen LogP contribution is -2.18. The van der Waals surface area contributed by atoms with Crippen LogP contribution < -0.4 is 11.4 Å². The van der Waals surface area contributed by atoms with Crippen molar-refractivity contribution in [3.63, 3.8) is 0 Å². The van der Waals surface area contributed by atoms with E-state index in [0.717, 1.165) is 5.56 Å². The van der Waals surface area contributed by atoms with Crippen LogP contribution in [0.5, 0.6) is 0 Å². The van der Waals surface area contributed by atoms with Crippen LogP contribution in [-0.2, 0) is 6.54 Å². The van der Waals surface area contributed by atoms with E-state index < -0.39 is 17.5 Å². The van der Waals surface area contributed by atoms with Crippen molar-refractivity contribution in [1.29, 1.82) is 0 Å². The fourth-order valence-corrected chi connectivity index (χ4v) is 2.06. The smallest absolute Gasteiger partial charge is 0.374 e. The Balaban J connectivity index is 2.20. The molecule has 1 aromatic carbocycles. The third-order valence-corrected chi connectivity index (χ3v) is 3.03. The first-order chi connectivity index (χ1) is 10.1. The van der Waals surface area contributed by atoms with E-state index in [-0.39, 0.29) is 23.5 Å². The van der Waals surface area contributed by atoms with Gasteiger partial charge in [-0.2, -0.15) is 0 Å². The van der Waals surface area contributed by atoms with Crippen molar-refractivity contribution >= 4 is 23.0 Å². The number of fused-ring (bicyclic) bond motifs is 1. The number of imidazole rings is 1. The zero-order chi connectivity index (χ0) is 15.0. The first-order valence-corrected chi connectivity index (χ1v) is 6.09. The van der Waals surface area contributed by atoms with Gasteiger partial charge in [0.05, 0.1) is 6.54 Å². The van der Waals surface area contributed by atoms with Crippen molar-refractivity contribution in [1.82, 2.24) is 19.5 Å². The molecule has 0 radical (unpaired) electrons. The molecular weight excluding hydrogens is 274 g/mol. The van der Waals surface area contributed by atoms with Crippen LogP contribution in [0.15, 0.2) is 35.1 Å². The molecule has 2 heterocycles. The van der Waals surface area contributed by atoms with E-state index in [1.807, 2.05) is 30.3 Å². The number of carboxylic acids is 1. The minimum Gasteiger partial charge on any atom is -0.475 e. The van der Waals surface area contributed by atoms with Gasteiger partial charge in [0.15, 0.2) is 11.5 Å². The van der Waals surface area contributed by atoms with Gasteiger partial charge in [0.25, 0.3) is 0 Å². The summed E-state index contributed by atoms with van der Waals surface area (Å²) in [6.45, 7) is 0.259. The highest BCUT2D eigenvalue weighted by molar-refractivity contribution is 5.89. The summed E-state index contributed by atoms with van der Waals surface area (Å²) in [5, 5.41) is 8.98. The normalized spacial score (nSPS) is 10.9. The molecule has 0 aliphatic carbocycles. The summed E-state index contributed by atoms with van der Waals surface area (Å²) in [6.07, 6.45) is 0. The van der Waals surface area contributed by atoms with Crippen LogP contribution in [0.4, 0.5) is 5.82 Å². The quantitative estimate of drug-likeness (QED) is 0.641. The Hall–Kier alpha value is -3.16. The number of H-pyrrole nitrogens is 1. The Labute approximate surface area is 117 Å². The zero-order valence-corrected chi connectivity index (χ0v) is 10.8. The number of benzene rings is 1. The number of rotatable bonds is 3. The van der Waals surface area contributed by atoms with E-state index in [4.69, 9.17) is 10.8 Å². The second-order valence-electron chi connectivity index (χ2n) is 4.44. The molecule has 0 aliphatic rings. The summed E-state index contributed by atoms with van der Waals surface area (Å²) >= 11 is 0. The number of nitrogens with zero attached hydrogens (tertiary/aromatic N) is 3. The standard InChI is InChI=1S/C13H11N5O3/c14-9-8-11(17-10(16-9)12(19)20)18(13(21)15-8)6-7-4-2-1-3-5-7/h1-5H,6H2,(H,15,21)(H,19,20)(H2,14,16,17). The van der Waals surface area contributed by atoms with Crippen LogP contribution in [0, 0.1) is 0 Å². The second-order valence-corrected chi connectivity index (χ2v) is 4.44. The van der Waals surface area contributed by atoms with E-state index in [1.54, 1.807) is 0 Å². The highest BCUT2D eigenvalue weighted by Crippen LogP contribution is 2.15. The maximum absolute atomic E-state index is 12.0. The summed E-state index contributed by atoms with van der Waals surface area (Å²) in [6, 6.07) is 9.27. The number of carboxylic acid groups (broad SMARTS) is 1. The Morgan fingerprint density at radius 3 is 2.67 bits per heavy atom. The van der Waals surface area contributed by atoms with Crippen LogP contribution in [0.2, 0.25) is 0 Å². The van der Waals surface area contributed by atoms with Crippen molar-refractivity contribution in [3.8, 4) is 0 Å². The van der Waals surface area contributed by atoms with E-state index in [9.17, 15) is 9.59 Å². The number of nitrogens with one attached hydrogen (secondary N) is 1. The van der Waals surface area contributed by atoms with Gasteiger partial charge in [-0.3, -0.25) is 4.57 Å². The Bertz CT molecular complexity index is 882. The number of anilines is 1. The first-order valence-electron chi connectivity index (χ1n) is 6.09. The number of nitrogens with two attached hydrogens (primary N) is 1. The van der Waals surface area contributed by atoms with Crippen LogP contribution in [0.3, 0.4) is 0 Å². The third-order valence-electron chi connectivity index (χ3n) is 3.03. The molecule has 0 spiro atoms. The number of carbonyl (C=O) groups is 1. The number of hydrogen-bond donors (Lipinski definition) is 3. The van der Waals surface area contributed by atoms with E-state index >= 15 is 0 Å². The van der Waals surface area contributed by atoms with Gasteiger partial charge in [-0.1, -0.05) is 30.3 Å². The lowest BCUT2D eigenvalue weighted by molar-refractivity contribution is 0.0684. The topological polar surface area (TPSA) is 127 Å². The van der Waals surface area contributed by atoms with Crippen LogP contribution in [0.25, 0.3) is 11.2 Å². The minimum atomic E-state index is -1.30.